The van der Waals surface area contributed by atoms with Crippen molar-refractivity contribution in [2.45, 2.75) is 33.6 Å². The Hall–Kier alpha value is 0.220. The number of aliphatic hydroxyl groups excluding tert-OH is 1. The van der Waals surface area contributed by atoms with Crippen molar-refractivity contribution in [1.29, 1.82) is 0 Å². The van der Waals surface area contributed by atoms with Gasteiger partial charge in [-0.1, -0.05) is 13.8 Å². The second kappa shape index (κ2) is 15.1. The number of guanidine groups is 1. The van der Waals surface area contributed by atoms with E-state index in [1.54, 1.807) is 16.1 Å². The summed E-state index contributed by atoms with van der Waals surface area (Å²) in [6.45, 7) is 9.40. The largest absolute Gasteiger partial charge is 0.396 e. The van der Waals surface area contributed by atoms with Gasteiger partial charge in [-0.25, -0.2) is 12.7 Å². The normalized spacial score (nSPS) is 17.4. The number of aliphatic imine (C=N–C) groups is 1. The lowest BCUT2D eigenvalue weighted by Gasteiger charge is -2.25. The second-order valence-corrected chi connectivity index (χ2v) is 10.3. The molecule has 1 unspecified atom stereocenters. The minimum absolute atomic E-state index is 0. The zero-order valence-electron chi connectivity index (χ0n) is 16.8. The van der Waals surface area contributed by atoms with Crippen LogP contribution in [0.1, 0.15) is 33.6 Å². The van der Waals surface area contributed by atoms with E-state index in [2.05, 4.69) is 29.5 Å². The molecular formula is C17H37IN4O3S2. The van der Waals surface area contributed by atoms with E-state index in [0.29, 0.717) is 44.0 Å². The topological polar surface area (TPSA) is 94.0 Å². The molecule has 0 spiro atoms. The SMILES string of the molecule is CCNC(=NCC(CCO)CC(C)C)NCCS(=O)(=O)N1CCSCC1.I. The van der Waals surface area contributed by atoms with E-state index in [9.17, 15) is 13.5 Å². The Kier molecular flexibility index (Phi) is 15.2. The van der Waals surface area contributed by atoms with Gasteiger partial charge >= 0.3 is 0 Å². The summed E-state index contributed by atoms with van der Waals surface area (Å²) < 4.78 is 26.4. The maximum absolute atomic E-state index is 12.4. The molecule has 0 aromatic carbocycles. The van der Waals surface area contributed by atoms with E-state index >= 15 is 0 Å². The fourth-order valence-corrected chi connectivity index (χ4v) is 5.44. The molecule has 1 saturated heterocycles. The van der Waals surface area contributed by atoms with Gasteiger partial charge in [-0.2, -0.15) is 11.8 Å². The van der Waals surface area contributed by atoms with Crippen molar-refractivity contribution >= 4 is 51.7 Å². The van der Waals surface area contributed by atoms with Gasteiger partial charge in [0.1, 0.15) is 0 Å². The maximum Gasteiger partial charge on any atom is 0.215 e. The van der Waals surface area contributed by atoms with Gasteiger partial charge in [-0.05, 0) is 31.6 Å². The second-order valence-electron chi connectivity index (χ2n) is 6.98. The fraction of sp³-hybridized carbons (Fsp3) is 0.941. The van der Waals surface area contributed by atoms with Gasteiger partial charge in [0.15, 0.2) is 5.96 Å². The lowest BCUT2D eigenvalue weighted by Crippen LogP contribution is -2.44. The standard InChI is InChI=1S/C17H36N4O3S2.HI/c1-4-18-17(20-14-16(5-9-22)13-15(2)3)19-6-12-26(23,24)21-7-10-25-11-8-21;/h15-16,22H,4-14H2,1-3H3,(H2,18,19,20);1H. The summed E-state index contributed by atoms with van der Waals surface area (Å²) in [7, 11) is -3.21. The van der Waals surface area contributed by atoms with Crippen LogP contribution >= 0.6 is 35.7 Å². The van der Waals surface area contributed by atoms with Gasteiger partial charge < -0.3 is 15.7 Å². The Labute approximate surface area is 186 Å². The highest BCUT2D eigenvalue weighted by atomic mass is 127. The van der Waals surface area contributed by atoms with E-state index < -0.39 is 10.0 Å². The van der Waals surface area contributed by atoms with Crippen LogP contribution in [0, 0.1) is 11.8 Å². The Bertz CT molecular complexity index is 512. The Morgan fingerprint density at radius 1 is 1.26 bits per heavy atom. The van der Waals surface area contributed by atoms with Crippen molar-refractivity contribution in [3.8, 4) is 0 Å². The minimum atomic E-state index is -3.21. The number of hydrogen-bond acceptors (Lipinski definition) is 5. The molecule has 0 saturated carbocycles. The fourth-order valence-electron chi connectivity index (χ4n) is 2.95. The van der Waals surface area contributed by atoms with E-state index in [4.69, 9.17) is 0 Å². The van der Waals surface area contributed by atoms with Crippen molar-refractivity contribution in [3.05, 3.63) is 0 Å². The molecule has 0 amide bonds. The Balaban J connectivity index is 0.00000676. The third-order valence-electron chi connectivity index (χ3n) is 4.21. The summed E-state index contributed by atoms with van der Waals surface area (Å²) in [4.78, 5) is 4.59. The summed E-state index contributed by atoms with van der Waals surface area (Å²) in [5, 5.41) is 15.5. The lowest BCUT2D eigenvalue weighted by atomic mass is 9.94. The molecule has 1 fully saturated rings. The first-order valence-corrected chi connectivity index (χ1v) is 12.3. The number of nitrogens with one attached hydrogen (secondary N) is 2. The molecule has 7 nitrogen and oxygen atoms in total. The highest BCUT2D eigenvalue weighted by Crippen LogP contribution is 2.15. The molecule has 162 valence electrons. The van der Waals surface area contributed by atoms with Crippen LogP contribution in [-0.2, 0) is 10.0 Å². The summed E-state index contributed by atoms with van der Waals surface area (Å²) in [5.74, 6) is 3.37. The number of halogens is 1. The number of nitrogens with zero attached hydrogens (tertiary/aromatic N) is 2. The molecule has 1 rings (SSSR count). The maximum atomic E-state index is 12.4. The van der Waals surface area contributed by atoms with Crippen LogP contribution in [0.3, 0.4) is 0 Å². The van der Waals surface area contributed by atoms with Crippen molar-refractivity contribution in [1.82, 2.24) is 14.9 Å². The molecular weight excluding hydrogens is 499 g/mol. The van der Waals surface area contributed by atoms with E-state index in [-0.39, 0.29) is 36.3 Å². The van der Waals surface area contributed by atoms with Gasteiger partial charge in [0.25, 0.3) is 0 Å². The molecule has 0 aliphatic carbocycles. The number of aliphatic hydroxyl groups is 1. The molecule has 27 heavy (non-hydrogen) atoms. The molecule has 10 heteroatoms. The molecule has 3 N–H and O–H groups in total. The summed E-state index contributed by atoms with van der Waals surface area (Å²) in [5.41, 5.74) is 0. The molecule has 1 heterocycles. The van der Waals surface area contributed by atoms with E-state index in [1.165, 1.54) is 0 Å². The van der Waals surface area contributed by atoms with Crippen LogP contribution in [-0.4, -0.2) is 80.4 Å². The average Bonchev–Trinajstić information content (AvgIpc) is 2.60. The molecule has 0 radical (unpaired) electrons. The third-order valence-corrected chi connectivity index (χ3v) is 7.02. The molecule has 0 bridgehead atoms. The lowest BCUT2D eigenvalue weighted by molar-refractivity contribution is 0.245. The van der Waals surface area contributed by atoms with Gasteiger partial charge in [-0.15, -0.1) is 24.0 Å². The molecule has 1 aliphatic heterocycles. The van der Waals surface area contributed by atoms with Crippen LogP contribution in [0.15, 0.2) is 4.99 Å². The quantitative estimate of drug-likeness (QED) is 0.211. The van der Waals surface area contributed by atoms with Gasteiger partial charge in [0, 0.05) is 50.8 Å². The molecule has 0 aromatic heterocycles. The smallest absolute Gasteiger partial charge is 0.215 e. The van der Waals surface area contributed by atoms with Crippen molar-refractivity contribution in [2.75, 3.05) is 56.6 Å². The summed E-state index contributed by atoms with van der Waals surface area (Å²) in [6.07, 6.45) is 1.76. The van der Waals surface area contributed by atoms with Gasteiger partial charge in [0.05, 0.1) is 5.75 Å². The number of thioether (sulfide) groups is 1. The third kappa shape index (κ3) is 11.7. The zero-order valence-corrected chi connectivity index (χ0v) is 20.8. The van der Waals surface area contributed by atoms with Crippen molar-refractivity contribution < 1.29 is 13.5 Å². The van der Waals surface area contributed by atoms with Crippen LogP contribution < -0.4 is 10.6 Å². The minimum Gasteiger partial charge on any atom is -0.396 e. The summed E-state index contributed by atoms with van der Waals surface area (Å²) in [6, 6.07) is 0. The number of hydrogen-bond donors (Lipinski definition) is 3. The van der Waals surface area contributed by atoms with Crippen LogP contribution in [0.2, 0.25) is 0 Å². The molecule has 0 aromatic rings. The average molecular weight is 537 g/mol. The van der Waals surface area contributed by atoms with Gasteiger partial charge in [-0.3, -0.25) is 4.99 Å². The highest BCUT2D eigenvalue weighted by molar-refractivity contribution is 14.0. The van der Waals surface area contributed by atoms with Gasteiger partial charge in [0.2, 0.25) is 10.0 Å². The van der Waals surface area contributed by atoms with Crippen molar-refractivity contribution in [3.63, 3.8) is 0 Å². The Morgan fingerprint density at radius 3 is 2.48 bits per heavy atom. The van der Waals surface area contributed by atoms with Crippen LogP contribution in [0.25, 0.3) is 0 Å². The van der Waals surface area contributed by atoms with Crippen LogP contribution in [0.5, 0.6) is 0 Å². The first-order valence-electron chi connectivity index (χ1n) is 9.57. The number of sulfonamides is 1. The first kappa shape index (κ1) is 27.2. The predicted molar refractivity (Wildman–Crippen MR) is 127 cm³/mol. The highest BCUT2D eigenvalue weighted by Gasteiger charge is 2.23. The van der Waals surface area contributed by atoms with Crippen molar-refractivity contribution in [2.24, 2.45) is 16.8 Å². The monoisotopic (exact) mass is 536 g/mol. The van der Waals surface area contributed by atoms with E-state index in [1.807, 2.05) is 6.92 Å². The number of rotatable bonds is 11. The predicted octanol–water partition coefficient (Wildman–Crippen LogP) is 1.58. The zero-order chi connectivity index (χ0) is 19.4. The molecule has 1 aliphatic rings. The first-order chi connectivity index (χ1) is 12.4. The van der Waals surface area contributed by atoms with E-state index in [0.717, 1.165) is 30.9 Å². The summed E-state index contributed by atoms with van der Waals surface area (Å²) >= 11 is 1.80. The van der Waals surface area contributed by atoms with Crippen LogP contribution in [0.4, 0.5) is 0 Å². The molecule has 1 atom stereocenters. The Morgan fingerprint density at radius 2 is 1.93 bits per heavy atom.